The van der Waals surface area contributed by atoms with Crippen molar-refractivity contribution in [2.45, 2.75) is 135 Å². The largest absolute Gasteiger partial charge is 0.635 e. The molecule has 6 amide bonds. The lowest BCUT2D eigenvalue weighted by molar-refractivity contribution is -0.142. The van der Waals surface area contributed by atoms with Gasteiger partial charge in [0.15, 0.2) is 0 Å². The molecule has 63 heavy (non-hydrogen) atoms. The predicted octanol–water partition coefficient (Wildman–Crippen LogP) is -0.283. The second kappa shape index (κ2) is 25.7. The summed E-state index contributed by atoms with van der Waals surface area (Å²) in [4.78, 5) is 116. The molecule has 1 unspecified atom stereocenters. The molecule has 22 heteroatoms. The molecule has 0 radical (unpaired) electrons. The predicted molar refractivity (Wildman–Crippen MR) is 225 cm³/mol. The van der Waals surface area contributed by atoms with Gasteiger partial charge in [0.2, 0.25) is 35.4 Å². The number of hydrogen-bond acceptors (Lipinski definition) is 12. The van der Waals surface area contributed by atoms with E-state index in [1.54, 1.807) is 52.0 Å². The van der Waals surface area contributed by atoms with Gasteiger partial charge in [-0.05, 0) is 55.6 Å². The summed E-state index contributed by atoms with van der Waals surface area (Å²) in [7, 11) is -2.23. The molecule has 0 heterocycles. The third-order valence-electron chi connectivity index (χ3n) is 9.81. The van der Waals surface area contributed by atoms with Gasteiger partial charge >= 0.3 is 25.2 Å². The topological polar surface area (TPSA) is 336 Å². The summed E-state index contributed by atoms with van der Waals surface area (Å²) in [6, 6.07) is -0.732. The quantitative estimate of drug-likeness (QED) is 0.0307. The van der Waals surface area contributed by atoms with Gasteiger partial charge in [0.25, 0.3) is 0 Å². The SMILES string of the molecule is C=CCC(NC(=O)[C@H](CC1=CCCC1)NC(=O)[C@@H](NC(=O)[C@H](Cc1ccccc1C)NC(=O)[C@H](CCC(=O)O)NC(=O)[C@H](CC(=O)O)NC(=O)CCC(=O)O)C(C)(C)C)OB(O)O. The van der Waals surface area contributed by atoms with E-state index in [1.165, 1.54) is 6.08 Å². The Labute approximate surface area is 365 Å². The maximum absolute atomic E-state index is 14.3. The fourth-order valence-corrected chi connectivity index (χ4v) is 6.49. The summed E-state index contributed by atoms with van der Waals surface area (Å²) in [6.07, 6.45) is 0.809. The molecule has 1 aliphatic carbocycles. The first kappa shape index (κ1) is 53.0. The Morgan fingerprint density at radius 1 is 0.730 bits per heavy atom. The van der Waals surface area contributed by atoms with Gasteiger partial charge in [-0.1, -0.05) is 62.8 Å². The Bertz CT molecular complexity index is 1870. The van der Waals surface area contributed by atoms with Gasteiger partial charge < -0.3 is 61.9 Å². The molecule has 0 bridgehead atoms. The molecule has 11 N–H and O–H groups in total. The fourth-order valence-electron chi connectivity index (χ4n) is 6.49. The molecule has 1 aromatic carbocycles. The Morgan fingerprint density at radius 3 is 1.86 bits per heavy atom. The molecule has 0 saturated carbocycles. The number of carbonyl (C=O) groups excluding carboxylic acids is 6. The molecule has 0 aromatic heterocycles. The molecule has 0 aliphatic heterocycles. The van der Waals surface area contributed by atoms with Crippen LogP contribution >= 0.6 is 0 Å². The molecule has 0 spiro atoms. The van der Waals surface area contributed by atoms with E-state index in [2.05, 4.69) is 38.5 Å². The molecular weight excluding hydrogens is 827 g/mol. The summed E-state index contributed by atoms with van der Waals surface area (Å²) in [6.45, 7) is 10.2. The minimum absolute atomic E-state index is 0.0175. The first-order valence-electron chi connectivity index (χ1n) is 20.3. The van der Waals surface area contributed by atoms with Crippen LogP contribution in [-0.2, 0) is 54.2 Å². The molecule has 1 aliphatic rings. The van der Waals surface area contributed by atoms with Gasteiger partial charge in [0.05, 0.1) is 12.8 Å². The first-order valence-corrected chi connectivity index (χ1v) is 20.3. The monoisotopic (exact) mass is 886 g/mol. The van der Waals surface area contributed by atoms with E-state index in [0.29, 0.717) is 17.5 Å². The van der Waals surface area contributed by atoms with Crippen LogP contribution in [0.5, 0.6) is 0 Å². The molecular formula is C41H59BN6O15. The highest BCUT2D eigenvalue weighted by atomic mass is 16.6. The van der Waals surface area contributed by atoms with Crippen molar-refractivity contribution >= 4 is 60.7 Å². The number of benzene rings is 1. The molecule has 0 fully saturated rings. The zero-order chi connectivity index (χ0) is 47.4. The summed E-state index contributed by atoms with van der Waals surface area (Å²) in [5.41, 5.74) is 1.14. The van der Waals surface area contributed by atoms with Gasteiger partial charge in [-0.2, -0.15) is 0 Å². The van der Waals surface area contributed by atoms with E-state index in [1.807, 2.05) is 6.08 Å². The van der Waals surface area contributed by atoms with Crippen LogP contribution < -0.4 is 31.9 Å². The zero-order valence-corrected chi connectivity index (χ0v) is 35.8. The highest BCUT2D eigenvalue weighted by Gasteiger charge is 2.38. The van der Waals surface area contributed by atoms with Crippen LogP contribution in [0.25, 0.3) is 0 Å². The third-order valence-corrected chi connectivity index (χ3v) is 9.81. The molecule has 2 rings (SSSR count). The number of aryl methyl sites for hydroxylation is 1. The Kier molecular flexibility index (Phi) is 21.6. The number of carboxylic acids is 3. The van der Waals surface area contributed by atoms with Crippen LogP contribution in [-0.4, -0.2) is 122 Å². The van der Waals surface area contributed by atoms with Crippen molar-refractivity contribution in [2.24, 2.45) is 5.41 Å². The molecule has 6 atom stereocenters. The highest BCUT2D eigenvalue weighted by molar-refractivity contribution is 6.32. The van der Waals surface area contributed by atoms with Gasteiger partial charge in [-0.25, -0.2) is 0 Å². The summed E-state index contributed by atoms with van der Waals surface area (Å²) < 4.78 is 4.96. The van der Waals surface area contributed by atoms with Gasteiger partial charge in [0, 0.05) is 25.7 Å². The van der Waals surface area contributed by atoms with Crippen molar-refractivity contribution in [2.75, 3.05) is 0 Å². The Balaban J connectivity index is 2.49. The van der Waals surface area contributed by atoms with Crippen molar-refractivity contribution < 1.29 is 73.2 Å². The van der Waals surface area contributed by atoms with Gasteiger partial charge in [-0.15, -0.1) is 6.58 Å². The van der Waals surface area contributed by atoms with Crippen molar-refractivity contribution in [3.63, 3.8) is 0 Å². The maximum Gasteiger partial charge on any atom is 0.635 e. The molecule has 1 aromatic rings. The number of carboxylic acid groups (broad SMARTS) is 3. The number of nitrogens with one attached hydrogen (secondary N) is 6. The van der Waals surface area contributed by atoms with Crippen molar-refractivity contribution in [1.82, 2.24) is 31.9 Å². The van der Waals surface area contributed by atoms with Crippen LogP contribution in [0.2, 0.25) is 0 Å². The highest BCUT2D eigenvalue weighted by Crippen LogP contribution is 2.24. The summed E-state index contributed by atoms with van der Waals surface area (Å²) in [5.74, 6) is -9.92. The van der Waals surface area contributed by atoms with Crippen LogP contribution in [0.3, 0.4) is 0 Å². The minimum Gasteiger partial charge on any atom is -0.481 e. The Morgan fingerprint density at radius 2 is 1.30 bits per heavy atom. The first-order chi connectivity index (χ1) is 29.5. The average molecular weight is 887 g/mol. The lowest BCUT2D eigenvalue weighted by atomic mass is 9.85. The third kappa shape index (κ3) is 19.6. The van der Waals surface area contributed by atoms with E-state index in [4.69, 9.17) is 9.76 Å². The maximum atomic E-state index is 14.3. The standard InChI is InChI=1S/C41H59BN6O15/c1-6-11-31(63-42(61)62)47-38(58)27(20-24-13-8-9-14-24)46-40(60)35(41(3,4)5)48-39(59)28(21-25-15-10-7-12-23(25)2)45-36(56)26(16-18-32(50)51)44-37(57)29(22-34(54)55)43-30(49)17-19-33(52)53/h6-7,10,12-13,15,26-29,31,35,61-62H,1,8-9,11,14,16-22H2,2-5H3,(H,43,49)(H,44,57)(H,45,56)(H,46,60)(H,47,58)(H,48,59)(H,50,51)(H,52,53)(H,54,55)/t26-,27-,28-,29-,31?,35+/m0/s1. The second-order valence-electron chi connectivity index (χ2n) is 16.1. The number of rotatable bonds is 27. The van der Waals surface area contributed by atoms with Crippen LogP contribution in [0.4, 0.5) is 0 Å². The van der Waals surface area contributed by atoms with Crippen LogP contribution in [0, 0.1) is 12.3 Å². The van der Waals surface area contributed by atoms with Gasteiger partial charge in [0.1, 0.15) is 36.4 Å². The number of hydrogen-bond donors (Lipinski definition) is 11. The van der Waals surface area contributed by atoms with Crippen molar-refractivity contribution in [3.05, 3.63) is 59.7 Å². The molecule has 21 nitrogen and oxygen atoms in total. The normalized spacial score (nSPS) is 15.1. The van der Waals surface area contributed by atoms with Crippen LogP contribution in [0.1, 0.15) is 96.1 Å². The van der Waals surface area contributed by atoms with E-state index < -0.39 is 135 Å². The summed E-state index contributed by atoms with van der Waals surface area (Å²) >= 11 is 0. The zero-order valence-electron chi connectivity index (χ0n) is 35.8. The average Bonchev–Trinajstić information content (AvgIpc) is 3.69. The smallest absolute Gasteiger partial charge is 0.481 e. The molecule has 346 valence electrons. The minimum atomic E-state index is -2.23. The van der Waals surface area contributed by atoms with E-state index in [-0.39, 0.29) is 19.3 Å². The van der Waals surface area contributed by atoms with E-state index in [9.17, 15) is 63.4 Å². The Hall–Kier alpha value is -6.13. The number of amides is 6. The summed E-state index contributed by atoms with van der Waals surface area (Å²) in [5, 5.41) is 61.3. The van der Waals surface area contributed by atoms with E-state index >= 15 is 0 Å². The number of aliphatic carboxylic acids is 3. The lowest BCUT2D eigenvalue weighted by Crippen LogP contribution is -2.62. The number of allylic oxidation sites excluding steroid dienone is 1. The lowest BCUT2D eigenvalue weighted by Gasteiger charge is -2.33. The van der Waals surface area contributed by atoms with Crippen LogP contribution in [0.15, 0.2) is 48.6 Å². The molecule has 0 saturated heterocycles. The number of carbonyl (C=O) groups is 9. The van der Waals surface area contributed by atoms with Crippen molar-refractivity contribution in [3.8, 4) is 0 Å². The van der Waals surface area contributed by atoms with Crippen molar-refractivity contribution in [1.29, 1.82) is 0 Å². The van der Waals surface area contributed by atoms with E-state index in [0.717, 1.165) is 18.4 Å². The fraction of sp³-hybridized carbons (Fsp3) is 0.537. The van der Waals surface area contributed by atoms with Gasteiger partial charge in [-0.3, -0.25) is 43.2 Å². The second-order valence-corrected chi connectivity index (χ2v) is 16.1.